The molecule has 0 saturated carbocycles. The first-order valence-corrected chi connectivity index (χ1v) is 4.81. The Hall–Kier alpha value is -1.62. The lowest BCUT2D eigenvalue weighted by molar-refractivity contribution is -0.105. The molecule has 1 saturated heterocycles. The summed E-state index contributed by atoms with van der Waals surface area (Å²) in [6.07, 6.45) is 3.52. The van der Waals surface area contributed by atoms with Crippen molar-refractivity contribution < 1.29 is 4.79 Å². The lowest BCUT2D eigenvalue weighted by atomic mass is 10.3. The van der Waals surface area contributed by atoms with Gasteiger partial charge in [-0.05, 0) is 25.6 Å². The van der Waals surface area contributed by atoms with Crippen LogP contribution in [0.3, 0.4) is 0 Å². The number of hydrogen-bond donors (Lipinski definition) is 2. The van der Waals surface area contributed by atoms with Crippen LogP contribution in [0.5, 0.6) is 0 Å². The molecule has 1 aromatic rings. The van der Waals surface area contributed by atoms with Crippen LogP contribution in [0.2, 0.25) is 0 Å². The first-order valence-electron chi connectivity index (χ1n) is 4.81. The summed E-state index contributed by atoms with van der Waals surface area (Å²) in [6, 6.07) is 3.00. The van der Waals surface area contributed by atoms with Gasteiger partial charge in [0.15, 0.2) is 0 Å². The number of nitrogens with one attached hydrogen (secondary N) is 2. The van der Waals surface area contributed by atoms with Crippen molar-refractivity contribution in [2.75, 3.05) is 18.4 Å². The summed E-state index contributed by atoms with van der Waals surface area (Å²) in [4.78, 5) is 20.9. The van der Waals surface area contributed by atoms with E-state index < -0.39 is 0 Å². The lowest BCUT2D eigenvalue weighted by Crippen LogP contribution is -2.29. The normalized spacial score (nSPS) is 13.1. The molecule has 0 unspecified atom stereocenters. The minimum absolute atomic E-state index is 0.142. The topological polar surface area (TPSA) is 63.1 Å². The third kappa shape index (κ3) is 3.95. The van der Waals surface area contributed by atoms with Crippen molar-refractivity contribution in [3.8, 4) is 0 Å². The summed E-state index contributed by atoms with van der Waals surface area (Å²) in [5.41, 5.74) is 0.375. The Bertz CT molecular complexity index is 365. The number of anilines is 1. The van der Waals surface area contributed by atoms with Crippen LogP contribution in [0.25, 0.3) is 0 Å². The summed E-state index contributed by atoms with van der Waals surface area (Å²) in [5, 5.41) is 5.49. The van der Waals surface area contributed by atoms with Gasteiger partial charge in [0.1, 0.15) is 0 Å². The fourth-order valence-corrected chi connectivity index (χ4v) is 0.883. The third-order valence-corrected chi connectivity index (χ3v) is 2.04. The lowest BCUT2D eigenvalue weighted by Gasteiger charge is -2.09. The largest absolute Gasteiger partial charge is 0.328 e. The van der Waals surface area contributed by atoms with Gasteiger partial charge >= 0.3 is 0 Å². The van der Waals surface area contributed by atoms with Crippen molar-refractivity contribution in [3.63, 3.8) is 0 Å². The fraction of sp³-hybridized carbons (Fsp3) is 0.400. The van der Waals surface area contributed by atoms with E-state index >= 15 is 0 Å². The fourth-order valence-electron chi connectivity index (χ4n) is 0.883. The van der Waals surface area contributed by atoms with Crippen LogP contribution in [0, 0.1) is 0 Å². The van der Waals surface area contributed by atoms with E-state index in [0.717, 1.165) is 0 Å². The Balaban J connectivity index is 0.000000234. The van der Waals surface area contributed by atoms with Gasteiger partial charge in [0, 0.05) is 25.0 Å². The highest BCUT2D eigenvalue weighted by atomic mass is 16.1. The molecule has 1 aromatic heterocycles. The average Bonchev–Trinajstić information content (AvgIpc) is 2.09. The molecule has 0 bridgehead atoms. The molecule has 5 nitrogen and oxygen atoms in total. The van der Waals surface area contributed by atoms with E-state index in [1.807, 2.05) is 0 Å². The minimum Gasteiger partial charge on any atom is -0.328 e. The first kappa shape index (κ1) is 11.5. The third-order valence-electron chi connectivity index (χ3n) is 2.04. The molecular formula is C10H15N3O2. The highest BCUT2D eigenvalue weighted by molar-refractivity contribution is 5.70. The van der Waals surface area contributed by atoms with Crippen molar-refractivity contribution in [3.05, 3.63) is 28.7 Å². The SMILES string of the molecule is C1CNC1.Cn1ccc(NC=O)cc1=O. The Morgan fingerprint density at radius 1 is 1.53 bits per heavy atom. The highest BCUT2D eigenvalue weighted by Gasteiger charge is 1.92. The van der Waals surface area contributed by atoms with Crippen molar-refractivity contribution in [1.82, 2.24) is 9.88 Å². The van der Waals surface area contributed by atoms with Crippen LogP contribution < -0.4 is 16.2 Å². The molecule has 15 heavy (non-hydrogen) atoms. The summed E-state index contributed by atoms with van der Waals surface area (Å²) in [7, 11) is 1.65. The predicted octanol–water partition coefficient (Wildman–Crippen LogP) is -0.0667. The molecule has 1 amide bonds. The monoisotopic (exact) mass is 209 g/mol. The molecule has 5 heteroatoms. The molecular weight excluding hydrogens is 194 g/mol. The van der Waals surface area contributed by atoms with Gasteiger partial charge in [-0.15, -0.1) is 0 Å². The van der Waals surface area contributed by atoms with E-state index in [1.165, 1.54) is 30.1 Å². The van der Waals surface area contributed by atoms with Crippen LogP contribution in [-0.2, 0) is 11.8 Å². The van der Waals surface area contributed by atoms with Crippen molar-refractivity contribution in [1.29, 1.82) is 0 Å². The molecule has 0 aliphatic carbocycles. The maximum atomic E-state index is 10.9. The zero-order valence-corrected chi connectivity index (χ0v) is 8.69. The highest BCUT2D eigenvalue weighted by Crippen LogP contribution is 1.98. The Morgan fingerprint density at radius 2 is 2.13 bits per heavy atom. The van der Waals surface area contributed by atoms with Gasteiger partial charge in [0.2, 0.25) is 6.41 Å². The standard InChI is InChI=1S/C7H8N2O2.C3H7N/c1-9-3-2-6(8-5-10)4-7(9)11;1-2-4-3-1/h2-5H,1H3,(H,8,10);4H,1-3H2. The molecule has 2 N–H and O–H groups in total. The zero-order valence-electron chi connectivity index (χ0n) is 8.69. The van der Waals surface area contributed by atoms with Crippen molar-refractivity contribution in [2.45, 2.75) is 6.42 Å². The summed E-state index contributed by atoms with van der Waals surface area (Å²) < 4.78 is 1.43. The van der Waals surface area contributed by atoms with Gasteiger partial charge in [-0.3, -0.25) is 9.59 Å². The van der Waals surface area contributed by atoms with Crippen LogP contribution in [0.4, 0.5) is 5.69 Å². The average molecular weight is 209 g/mol. The second-order valence-corrected chi connectivity index (χ2v) is 3.23. The van der Waals surface area contributed by atoms with Crippen molar-refractivity contribution in [2.24, 2.45) is 7.05 Å². The molecule has 0 spiro atoms. The molecule has 2 rings (SSSR count). The van der Waals surface area contributed by atoms with Gasteiger partial charge in [-0.1, -0.05) is 0 Å². The van der Waals surface area contributed by atoms with Gasteiger partial charge in [-0.2, -0.15) is 0 Å². The number of carbonyl (C=O) groups excluding carboxylic acids is 1. The Kier molecular flexibility index (Phi) is 4.56. The van der Waals surface area contributed by atoms with Crippen LogP contribution in [0.15, 0.2) is 23.1 Å². The maximum Gasteiger partial charge on any atom is 0.252 e. The van der Waals surface area contributed by atoms with E-state index in [-0.39, 0.29) is 5.56 Å². The molecule has 1 aliphatic heterocycles. The van der Waals surface area contributed by atoms with E-state index in [1.54, 1.807) is 19.3 Å². The Morgan fingerprint density at radius 3 is 2.53 bits per heavy atom. The number of carbonyl (C=O) groups is 1. The quantitative estimate of drug-likeness (QED) is 0.670. The van der Waals surface area contributed by atoms with Gasteiger partial charge < -0.3 is 15.2 Å². The van der Waals surface area contributed by atoms with Crippen LogP contribution in [-0.4, -0.2) is 24.1 Å². The van der Waals surface area contributed by atoms with E-state index in [9.17, 15) is 9.59 Å². The number of rotatable bonds is 2. The summed E-state index contributed by atoms with van der Waals surface area (Å²) in [6.45, 7) is 2.50. The Labute approximate surface area is 88.1 Å². The number of aromatic nitrogens is 1. The molecule has 0 aromatic carbocycles. The zero-order chi connectivity index (χ0) is 11.1. The number of nitrogens with zero attached hydrogens (tertiary/aromatic N) is 1. The second-order valence-electron chi connectivity index (χ2n) is 3.23. The smallest absolute Gasteiger partial charge is 0.252 e. The van der Waals surface area contributed by atoms with E-state index in [2.05, 4.69) is 10.6 Å². The maximum absolute atomic E-state index is 10.9. The predicted molar refractivity (Wildman–Crippen MR) is 58.9 cm³/mol. The van der Waals surface area contributed by atoms with E-state index in [0.29, 0.717) is 12.1 Å². The second kappa shape index (κ2) is 5.98. The number of amides is 1. The summed E-state index contributed by atoms with van der Waals surface area (Å²) in [5.74, 6) is 0. The molecule has 1 fully saturated rings. The minimum atomic E-state index is -0.142. The number of pyridine rings is 1. The summed E-state index contributed by atoms with van der Waals surface area (Å²) >= 11 is 0. The number of aryl methyl sites for hydroxylation is 1. The molecule has 0 radical (unpaired) electrons. The van der Waals surface area contributed by atoms with Gasteiger partial charge in [0.25, 0.3) is 5.56 Å². The molecule has 1 aliphatic rings. The number of hydrogen-bond acceptors (Lipinski definition) is 3. The molecule has 82 valence electrons. The van der Waals surface area contributed by atoms with Crippen LogP contribution in [0.1, 0.15) is 6.42 Å². The van der Waals surface area contributed by atoms with Crippen LogP contribution >= 0.6 is 0 Å². The van der Waals surface area contributed by atoms with Crippen molar-refractivity contribution >= 4 is 12.1 Å². The van der Waals surface area contributed by atoms with E-state index in [4.69, 9.17) is 0 Å². The molecule has 2 heterocycles. The van der Waals surface area contributed by atoms with Gasteiger partial charge in [0.05, 0.1) is 0 Å². The first-order chi connectivity index (χ1) is 7.24. The molecule has 0 atom stereocenters. The van der Waals surface area contributed by atoms with Gasteiger partial charge in [-0.25, -0.2) is 0 Å².